The van der Waals surface area contributed by atoms with Crippen LogP contribution in [-0.2, 0) is 0 Å². The summed E-state index contributed by atoms with van der Waals surface area (Å²) in [6.07, 6.45) is 7.20. The van der Waals surface area contributed by atoms with Crippen LogP contribution in [0.15, 0.2) is 0 Å². The zero-order chi connectivity index (χ0) is 10.9. The van der Waals surface area contributed by atoms with E-state index in [0.29, 0.717) is 0 Å². The van der Waals surface area contributed by atoms with Crippen LogP contribution < -0.4 is 5.73 Å². The molecule has 0 radical (unpaired) electrons. The van der Waals surface area contributed by atoms with Gasteiger partial charge in [-0.1, -0.05) is 12.8 Å². The highest BCUT2D eigenvalue weighted by Gasteiger charge is 2.48. The molecule has 2 aliphatic rings. The van der Waals surface area contributed by atoms with Crippen LogP contribution in [0.5, 0.6) is 0 Å². The average molecular weight is 212 g/mol. The summed E-state index contributed by atoms with van der Waals surface area (Å²) in [6.45, 7) is 2.08. The number of hydrogen-bond donors (Lipinski definition) is 2. The van der Waals surface area contributed by atoms with E-state index >= 15 is 0 Å². The molecule has 2 fully saturated rings. The van der Waals surface area contributed by atoms with Crippen molar-refractivity contribution in [3.63, 3.8) is 0 Å². The Bertz CT molecular complexity index is 226. The molecule has 1 saturated carbocycles. The Balaban J connectivity index is 2.10. The smallest absolute Gasteiger partial charge is 0.0838 e. The van der Waals surface area contributed by atoms with Crippen LogP contribution in [-0.4, -0.2) is 41.3 Å². The molecule has 0 amide bonds. The molecule has 3 nitrogen and oxygen atoms in total. The summed E-state index contributed by atoms with van der Waals surface area (Å²) >= 11 is 0. The first-order chi connectivity index (χ1) is 7.06. The number of likely N-dealkylation sites (tertiary alicyclic amines) is 1. The van der Waals surface area contributed by atoms with E-state index in [9.17, 15) is 5.11 Å². The summed E-state index contributed by atoms with van der Waals surface area (Å²) < 4.78 is 0. The Kier molecular flexibility index (Phi) is 3.06. The van der Waals surface area contributed by atoms with Crippen molar-refractivity contribution in [3.05, 3.63) is 0 Å². The molecule has 0 aromatic rings. The Morgan fingerprint density at radius 3 is 2.33 bits per heavy atom. The fourth-order valence-corrected chi connectivity index (χ4v) is 3.22. The van der Waals surface area contributed by atoms with Crippen LogP contribution in [0.3, 0.4) is 0 Å². The molecule has 0 bridgehead atoms. The highest BCUT2D eigenvalue weighted by atomic mass is 16.3. The normalized spacial score (nSPS) is 37.8. The van der Waals surface area contributed by atoms with E-state index < -0.39 is 5.60 Å². The van der Waals surface area contributed by atoms with Crippen molar-refractivity contribution in [2.75, 3.05) is 20.1 Å². The van der Waals surface area contributed by atoms with E-state index in [1.165, 1.54) is 12.8 Å². The molecule has 88 valence electrons. The lowest BCUT2D eigenvalue weighted by Crippen LogP contribution is -2.59. The molecular weight excluding hydrogens is 188 g/mol. The monoisotopic (exact) mass is 212 g/mol. The molecule has 0 aromatic carbocycles. The van der Waals surface area contributed by atoms with Gasteiger partial charge in [0.1, 0.15) is 0 Å². The van der Waals surface area contributed by atoms with Crippen molar-refractivity contribution < 1.29 is 5.11 Å². The predicted octanol–water partition coefficient (Wildman–Crippen LogP) is 1.10. The fourth-order valence-electron chi connectivity index (χ4n) is 3.22. The van der Waals surface area contributed by atoms with Crippen LogP contribution in [0.1, 0.15) is 44.9 Å². The summed E-state index contributed by atoms with van der Waals surface area (Å²) in [6, 6.07) is 0. The van der Waals surface area contributed by atoms with Gasteiger partial charge in [0.05, 0.1) is 5.60 Å². The summed E-state index contributed by atoms with van der Waals surface area (Å²) in [7, 11) is 2.13. The molecule has 2 rings (SSSR count). The highest BCUT2D eigenvalue weighted by Crippen LogP contribution is 2.41. The minimum Gasteiger partial charge on any atom is -0.388 e. The summed E-state index contributed by atoms with van der Waals surface area (Å²) in [5.41, 5.74) is 5.52. The van der Waals surface area contributed by atoms with Crippen LogP contribution in [0.2, 0.25) is 0 Å². The molecule has 3 N–H and O–H groups in total. The molecule has 1 atom stereocenters. The lowest BCUT2D eigenvalue weighted by atomic mass is 9.74. The topological polar surface area (TPSA) is 49.5 Å². The van der Waals surface area contributed by atoms with Crippen LogP contribution in [0.4, 0.5) is 0 Å². The zero-order valence-corrected chi connectivity index (χ0v) is 9.84. The third-order valence-corrected chi connectivity index (χ3v) is 4.46. The third-order valence-electron chi connectivity index (χ3n) is 4.46. The van der Waals surface area contributed by atoms with Crippen molar-refractivity contribution in [1.29, 1.82) is 0 Å². The van der Waals surface area contributed by atoms with Gasteiger partial charge >= 0.3 is 0 Å². The molecule has 0 spiro atoms. The number of nitrogens with zero attached hydrogens (tertiary/aromatic N) is 1. The van der Waals surface area contributed by atoms with Gasteiger partial charge in [0.25, 0.3) is 0 Å². The van der Waals surface area contributed by atoms with Gasteiger partial charge in [-0.25, -0.2) is 0 Å². The molecular formula is C12H24N2O. The molecule has 15 heavy (non-hydrogen) atoms. The Labute approximate surface area is 92.6 Å². The zero-order valence-electron chi connectivity index (χ0n) is 9.84. The highest BCUT2D eigenvalue weighted by molar-refractivity contribution is 5.06. The van der Waals surface area contributed by atoms with Crippen molar-refractivity contribution in [1.82, 2.24) is 4.90 Å². The first-order valence-electron chi connectivity index (χ1n) is 6.26. The van der Waals surface area contributed by atoms with Gasteiger partial charge < -0.3 is 15.7 Å². The van der Waals surface area contributed by atoms with Crippen LogP contribution in [0.25, 0.3) is 0 Å². The number of rotatable bonds is 1. The molecule has 1 aliphatic heterocycles. The number of aliphatic hydroxyl groups is 1. The van der Waals surface area contributed by atoms with Gasteiger partial charge in [0.15, 0.2) is 0 Å². The van der Waals surface area contributed by atoms with E-state index in [4.69, 9.17) is 5.73 Å². The van der Waals surface area contributed by atoms with E-state index in [1.54, 1.807) is 0 Å². The van der Waals surface area contributed by atoms with Crippen LogP contribution >= 0.6 is 0 Å². The number of nitrogens with two attached hydrogens (primary N) is 1. The lowest BCUT2D eigenvalue weighted by molar-refractivity contribution is -0.0453. The summed E-state index contributed by atoms with van der Waals surface area (Å²) in [5, 5.41) is 10.8. The summed E-state index contributed by atoms with van der Waals surface area (Å²) in [5.74, 6) is 0. The number of hydrogen-bond acceptors (Lipinski definition) is 3. The van der Waals surface area contributed by atoms with E-state index in [1.807, 2.05) is 0 Å². The maximum atomic E-state index is 10.8. The first-order valence-corrected chi connectivity index (χ1v) is 6.26. The second kappa shape index (κ2) is 4.04. The quantitative estimate of drug-likeness (QED) is 0.684. The molecule has 1 saturated heterocycles. The van der Waals surface area contributed by atoms with Crippen molar-refractivity contribution >= 4 is 0 Å². The van der Waals surface area contributed by atoms with Crippen molar-refractivity contribution in [3.8, 4) is 0 Å². The summed E-state index contributed by atoms with van der Waals surface area (Å²) in [4.78, 5) is 2.30. The van der Waals surface area contributed by atoms with E-state index in [0.717, 1.165) is 45.2 Å². The third kappa shape index (κ3) is 2.05. The Hall–Kier alpha value is -0.120. The van der Waals surface area contributed by atoms with Gasteiger partial charge in [-0.2, -0.15) is 0 Å². The van der Waals surface area contributed by atoms with Gasteiger partial charge in [0.2, 0.25) is 0 Å². The maximum absolute atomic E-state index is 10.8. The van der Waals surface area contributed by atoms with Crippen LogP contribution in [0, 0.1) is 0 Å². The Morgan fingerprint density at radius 2 is 1.67 bits per heavy atom. The standard InChI is InChI=1S/C12H24N2O/c1-14-9-4-7-12(15,8-10-14)11(13)5-2-3-6-11/h15H,2-10,13H2,1H3. The average Bonchev–Trinajstić information content (AvgIpc) is 2.56. The second-order valence-corrected chi connectivity index (χ2v) is 5.55. The first kappa shape index (κ1) is 11.4. The molecule has 1 aliphatic carbocycles. The van der Waals surface area contributed by atoms with Crippen molar-refractivity contribution in [2.24, 2.45) is 5.73 Å². The van der Waals surface area contributed by atoms with Gasteiger partial charge in [-0.05, 0) is 45.7 Å². The largest absolute Gasteiger partial charge is 0.388 e. The molecule has 1 unspecified atom stereocenters. The second-order valence-electron chi connectivity index (χ2n) is 5.55. The van der Waals surface area contributed by atoms with Gasteiger partial charge in [-0.15, -0.1) is 0 Å². The van der Waals surface area contributed by atoms with Gasteiger partial charge in [-0.3, -0.25) is 0 Å². The minimum absolute atomic E-state index is 0.293. The SMILES string of the molecule is CN1CCCC(O)(C2(N)CCCC2)CC1. The van der Waals surface area contributed by atoms with Crippen molar-refractivity contribution in [2.45, 2.75) is 56.1 Å². The molecule has 1 heterocycles. The minimum atomic E-state index is -0.603. The maximum Gasteiger partial charge on any atom is 0.0838 e. The molecule has 3 heteroatoms. The lowest BCUT2D eigenvalue weighted by Gasteiger charge is -2.42. The Morgan fingerprint density at radius 1 is 1.00 bits per heavy atom. The predicted molar refractivity (Wildman–Crippen MR) is 61.7 cm³/mol. The van der Waals surface area contributed by atoms with E-state index in [2.05, 4.69) is 11.9 Å². The fraction of sp³-hybridized carbons (Fsp3) is 1.00. The van der Waals surface area contributed by atoms with Gasteiger partial charge in [0, 0.05) is 12.1 Å². The molecule has 0 aromatic heterocycles. The van der Waals surface area contributed by atoms with E-state index in [-0.39, 0.29) is 5.54 Å².